The van der Waals surface area contributed by atoms with E-state index in [1.165, 1.54) is 29.2 Å². The summed E-state index contributed by atoms with van der Waals surface area (Å²) in [5.41, 5.74) is -0.514. The van der Waals surface area contributed by atoms with E-state index in [1.807, 2.05) is 0 Å². The van der Waals surface area contributed by atoms with Crippen molar-refractivity contribution >= 4 is 39.2 Å². The summed E-state index contributed by atoms with van der Waals surface area (Å²) in [6.45, 7) is -0.0178. The predicted octanol–water partition coefficient (Wildman–Crippen LogP) is 1.76. The summed E-state index contributed by atoms with van der Waals surface area (Å²) in [7, 11) is -4.19. The van der Waals surface area contributed by atoms with Gasteiger partial charge in [-0.3, -0.25) is 14.3 Å². The van der Waals surface area contributed by atoms with Gasteiger partial charge in [0, 0.05) is 18.7 Å². The molecule has 0 spiro atoms. The predicted molar refractivity (Wildman–Crippen MR) is 98.7 cm³/mol. The summed E-state index contributed by atoms with van der Waals surface area (Å²) in [5, 5.41) is 18.2. The summed E-state index contributed by atoms with van der Waals surface area (Å²) in [5.74, 6) is -4.63. The standard InChI is InChI=1S/C18H15FN2O7S/c19-11-1-6-15(14(8-11)18(25)26)20-29(27,28)13-4-2-12(3-5-13)21-9-10(17(23)24)7-16(21)22/h1-6,8,10,20H,7,9H2,(H,23,24)(H,25,26). The van der Waals surface area contributed by atoms with Crippen LogP contribution in [0.15, 0.2) is 47.4 Å². The van der Waals surface area contributed by atoms with E-state index in [9.17, 15) is 27.2 Å². The van der Waals surface area contributed by atoms with Crippen LogP contribution in [0.1, 0.15) is 16.8 Å². The summed E-state index contributed by atoms with van der Waals surface area (Å²) >= 11 is 0. The Kier molecular flexibility index (Phi) is 5.25. The number of carboxylic acid groups (broad SMARTS) is 2. The smallest absolute Gasteiger partial charge is 0.337 e. The van der Waals surface area contributed by atoms with E-state index >= 15 is 0 Å². The third kappa shape index (κ3) is 4.19. The number of anilines is 2. The summed E-state index contributed by atoms with van der Waals surface area (Å²) < 4.78 is 40.4. The van der Waals surface area contributed by atoms with Gasteiger partial charge >= 0.3 is 11.9 Å². The molecule has 1 heterocycles. The van der Waals surface area contributed by atoms with E-state index in [1.54, 1.807) is 0 Å². The van der Waals surface area contributed by atoms with Crippen molar-refractivity contribution in [3.8, 4) is 0 Å². The maximum absolute atomic E-state index is 13.3. The van der Waals surface area contributed by atoms with E-state index in [-0.39, 0.29) is 29.5 Å². The van der Waals surface area contributed by atoms with E-state index in [0.717, 1.165) is 12.1 Å². The fourth-order valence-electron chi connectivity index (χ4n) is 2.91. The van der Waals surface area contributed by atoms with Crippen molar-refractivity contribution in [2.24, 2.45) is 5.92 Å². The summed E-state index contributed by atoms with van der Waals surface area (Å²) in [4.78, 5) is 35.3. The average molecular weight is 422 g/mol. The van der Waals surface area contributed by atoms with E-state index in [0.29, 0.717) is 11.8 Å². The highest BCUT2D eigenvalue weighted by atomic mass is 32.2. The van der Waals surface area contributed by atoms with Gasteiger partial charge in [0.1, 0.15) is 5.82 Å². The van der Waals surface area contributed by atoms with Crippen molar-refractivity contribution in [1.82, 2.24) is 0 Å². The zero-order chi connectivity index (χ0) is 21.3. The molecule has 3 rings (SSSR count). The van der Waals surface area contributed by atoms with Crippen LogP contribution in [0.3, 0.4) is 0 Å². The molecular formula is C18H15FN2O7S. The lowest BCUT2D eigenvalue weighted by Gasteiger charge is -2.17. The second-order valence-corrected chi connectivity index (χ2v) is 8.02. The van der Waals surface area contributed by atoms with Gasteiger partial charge in [-0.2, -0.15) is 0 Å². The van der Waals surface area contributed by atoms with Gasteiger partial charge in [0.25, 0.3) is 10.0 Å². The maximum Gasteiger partial charge on any atom is 0.337 e. The third-order valence-electron chi connectivity index (χ3n) is 4.39. The fourth-order valence-corrected chi connectivity index (χ4v) is 3.99. The maximum atomic E-state index is 13.3. The van der Waals surface area contributed by atoms with E-state index in [4.69, 9.17) is 10.2 Å². The molecule has 1 aliphatic rings. The molecule has 11 heteroatoms. The molecule has 0 bridgehead atoms. The lowest BCUT2D eigenvalue weighted by atomic mass is 10.1. The zero-order valence-corrected chi connectivity index (χ0v) is 15.5. The van der Waals surface area contributed by atoms with E-state index in [2.05, 4.69) is 4.72 Å². The Hall–Kier alpha value is -3.47. The van der Waals surface area contributed by atoms with Crippen LogP contribution >= 0.6 is 0 Å². The topological polar surface area (TPSA) is 141 Å². The second-order valence-electron chi connectivity index (χ2n) is 6.34. The molecule has 1 unspecified atom stereocenters. The molecule has 152 valence electrons. The number of carboxylic acids is 2. The molecule has 0 aromatic heterocycles. The third-order valence-corrected chi connectivity index (χ3v) is 5.77. The fraction of sp³-hybridized carbons (Fsp3) is 0.167. The van der Waals surface area contributed by atoms with Crippen molar-refractivity contribution in [3.63, 3.8) is 0 Å². The monoisotopic (exact) mass is 422 g/mol. The lowest BCUT2D eigenvalue weighted by Crippen LogP contribution is -2.25. The molecule has 0 saturated carbocycles. The molecule has 1 fully saturated rings. The number of aromatic carboxylic acids is 1. The number of nitrogens with zero attached hydrogens (tertiary/aromatic N) is 1. The number of carbonyl (C=O) groups is 3. The number of sulfonamides is 1. The summed E-state index contributed by atoms with van der Waals surface area (Å²) in [6, 6.07) is 7.71. The molecule has 1 saturated heterocycles. The Labute approximate surface area is 164 Å². The van der Waals surface area contributed by atoms with Gasteiger partial charge in [-0.05, 0) is 42.5 Å². The van der Waals surface area contributed by atoms with Gasteiger partial charge < -0.3 is 15.1 Å². The number of hydrogen-bond donors (Lipinski definition) is 3. The van der Waals surface area contributed by atoms with Gasteiger partial charge in [-0.25, -0.2) is 17.6 Å². The number of halogens is 1. The largest absolute Gasteiger partial charge is 0.481 e. The van der Waals surface area contributed by atoms with Crippen LogP contribution < -0.4 is 9.62 Å². The minimum Gasteiger partial charge on any atom is -0.481 e. The first kappa shape index (κ1) is 20.3. The average Bonchev–Trinajstić information content (AvgIpc) is 3.05. The lowest BCUT2D eigenvalue weighted by molar-refractivity contribution is -0.141. The Balaban J connectivity index is 1.84. The van der Waals surface area contributed by atoms with Gasteiger partial charge in [0.15, 0.2) is 0 Å². The van der Waals surface area contributed by atoms with Gasteiger partial charge in [-0.1, -0.05) is 0 Å². The minimum absolute atomic E-state index is 0.0178. The van der Waals surface area contributed by atoms with E-state index < -0.39 is 39.3 Å². The van der Waals surface area contributed by atoms with Crippen molar-refractivity contribution < 1.29 is 37.4 Å². The number of aliphatic carboxylic acids is 1. The molecule has 1 amide bonds. The Bertz CT molecular complexity index is 1100. The number of rotatable bonds is 6. The molecule has 1 aliphatic heterocycles. The first-order valence-electron chi connectivity index (χ1n) is 8.27. The summed E-state index contributed by atoms with van der Waals surface area (Å²) in [6.07, 6.45) is -0.139. The van der Waals surface area contributed by atoms with Crippen molar-refractivity contribution in [1.29, 1.82) is 0 Å². The minimum atomic E-state index is -4.19. The molecule has 9 nitrogen and oxygen atoms in total. The molecule has 2 aromatic carbocycles. The van der Waals surface area contributed by atoms with Crippen LogP contribution in [0, 0.1) is 11.7 Å². The van der Waals surface area contributed by atoms with Crippen molar-refractivity contribution in [2.75, 3.05) is 16.2 Å². The van der Waals surface area contributed by atoms with Crippen LogP contribution in [0.2, 0.25) is 0 Å². The molecule has 29 heavy (non-hydrogen) atoms. The number of hydrogen-bond acceptors (Lipinski definition) is 5. The molecule has 0 radical (unpaired) electrons. The molecule has 1 atom stereocenters. The Morgan fingerprint density at radius 2 is 1.76 bits per heavy atom. The molecule has 3 N–H and O–H groups in total. The SMILES string of the molecule is O=C(O)c1cc(F)ccc1NS(=O)(=O)c1ccc(N2CC(C(=O)O)CC2=O)cc1. The number of nitrogens with one attached hydrogen (secondary N) is 1. The first-order valence-corrected chi connectivity index (χ1v) is 9.75. The Morgan fingerprint density at radius 3 is 2.31 bits per heavy atom. The highest BCUT2D eigenvalue weighted by molar-refractivity contribution is 7.92. The normalized spacial score (nSPS) is 16.7. The van der Waals surface area contributed by atoms with Crippen LogP contribution in [-0.4, -0.2) is 43.0 Å². The van der Waals surface area contributed by atoms with Gasteiger partial charge in [0.05, 0.1) is 22.1 Å². The van der Waals surface area contributed by atoms with Gasteiger partial charge in [-0.15, -0.1) is 0 Å². The van der Waals surface area contributed by atoms with Crippen LogP contribution in [0.5, 0.6) is 0 Å². The zero-order valence-electron chi connectivity index (χ0n) is 14.7. The Morgan fingerprint density at radius 1 is 1.10 bits per heavy atom. The van der Waals surface area contributed by atoms with Crippen molar-refractivity contribution in [2.45, 2.75) is 11.3 Å². The molecule has 0 aliphatic carbocycles. The number of amides is 1. The first-order chi connectivity index (χ1) is 13.6. The molecule has 2 aromatic rings. The van der Waals surface area contributed by atoms with Crippen molar-refractivity contribution in [3.05, 3.63) is 53.8 Å². The van der Waals surface area contributed by atoms with Gasteiger partial charge in [0.2, 0.25) is 5.91 Å². The van der Waals surface area contributed by atoms with Crippen LogP contribution in [0.4, 0.5) is 15.8 Å². The second kappa shape index (κ2) is 7.51. The highest BCUT2D eigenvalue weighted by Crippen LogP contribution is 2.27. The number of carbonyl (C=O) groups excluding carboxylic acids is 1. The number of benzene rings is 2. The quantitative estimate of drug-likeness (QED) is 0.644. The van der Waals surface area contributed by atoms with Crippen LogP contribution in [-0.2, 0) is 19.6 Å². The van der Waals surface area contributed by atoms with Crippen LogP contribution in [0.25, 0.3) is 0 Å². The highest BCUT2D eigenvalue weighted by Gasteiger charge is 2.35. The molecular weight excluding hydrogens is 407 g/mol.